The summed E-state index contributed by atoms with van der Waals surface area (Å²) in [6, 6.07) is 7.54. The van der Waals surface area contributed by atoms with Crippen LogP contribution in [0.15, 0.2) is 24.3 Å². The summed E-state index contributed by atoms with van der Waals surface area (Å²) in [6.07, 6.45) is 3.17. The van der Waals surface area contributed by atoms with Crippen LogP contribution in [0.2, 0.25) is 0 Å². The molecule has 0 aliphatic heterocycles. The van der Waals surface area contributed by atoms with Gasteiger partial charge in [-0.15, -0.1) is 0 Å². The van der Waals surface area contributed by atoms with E-state index < -0.39 is 0 Å². The number of primary amides is 1. The number of nitrogens with two attached hydrogens (primary N) is 1. The zero-order chi connectivity index (χ0) is 9.68. The first-order chi connectivity index (χ1) is 6.25. The molecule has 0 unspecified atom stereocenters. The van der Waals surface area contributed by atoms with Crippen molar-refractivity contribution in [1.29, 1.82) is 0 Å². The highest BCUT2D eigenvalue weighted by molar-refractivity contribution is 5.94. The van der Waals surface area contributed by atoms with Crippen molar-refractivity contribution >= 4 is 5.91 Å². The van der Waals surface area contributed by atoms with Crippen molar-refractivity contribution in [3.05, 3.63) is 35.4 Å². The van der Waals surface area contributed by atoms with E-state index in [1.165, 1.54) is 0 Å². The molecule has 70 valence electrons. The van der Waals surface area contributed by atoms with Crippen molar-refractivity contribution < 1.29 is 4.79 Å². The molecule has 0 aliphatic rings. The fourth-order valence-corrected chi connectivity index (χ4v) is 1.35. The number of unbranched alkanes of at least 4 members (excludes halogenated alkanes) is 1. The summed E-state index contributed by atoms with van der Waals surface area (Å²) in [5.74, 6) is -0.327. The van der Waals surface area contributed by atoms with E-state index in [9.17, 15) is 4.79 Å². The predicted molar refractivity (Wildman–Crippen MR) is 53.6 cm³/mol. The van der Waals surface area contributed by atoms with Crippen LogP contribution in [-0.2, 0) is 6.42 Å². The van der Waals surface area contributed by atoms with Crippen molar-refractivity contribution in [2.75, 3.05) is 0 Å². The van der Waals surface area contributed by atoms with Gasteiger partial charge in [-0.1, -0.05) is 31.5 Å². The molecular formula is C11H15NO. The molecular weight excluding hydrogens is 162 g/mol. The summed E-state index contributed by atoms with van der Waals surface area (Å²) in [6.45, 7) is 2.13. The smallest absolute Gasteiger partial charge is 0.248 e. The van der Waals surface area contributed by atoms with Crippen LogP contribution in [0.3, 0.4) is 0 Å². The molecule has 0 heterocycles. The standard InChI is InChI=1S/C11H15NO/c1-2-3-6-9-7-4-5-8-10(9)11(12)13/h4-5,7-8H,2-3,6H2,1H3,(H2,12,13). The molecule has 0 atom stereocenters. The number of carbonyl (C=O) groups is 1. The fourth-order valence-electron chi connectivity index (χ4n) is 1.35. The molecule has 13 heavy (non-hydrogen) atoms. The van der Waals surface area contributed by atoms with E-state index in [1.54, 1.807) is 6.07 Å². The number of aryl methyl sites for hydroxylation is 1. The molecule has 1 aromatic carbocycles. The van der Waals surface area contributed by atoms with Gasteiger partial charge in [0.25, 0.3) is 0 Å². The van der Waals surface area contributed by atoms with E-state index in [-0.39, 0.29) is 5.91 Å². The molecule has 0 saturated heterocycles. The van der Waals surface area contributed by atoms with Gasteiger partial charge in [0, 0.05) is 5.56 Å². The van der Waals surface area contributed by atoms with E-state index in [0.29, 0.717) is 5.56 Å². The number of rotatable bonds is 4. The highest BCUT2D eigenvalue weighted by atomic mass is 16.1. The van der Waals surface area contributed by atoms with E-state index in [4.69, 9.17) is 5.73 Å². The summed E-state index contributed by atoms with van der Waals surface area (Å²) in [4.78, 5) is 11.0. The zero-order valence-electron chi connectivity index (χ0n) is 7.92. The predicted octanol–water partition coefficient (Wildman–Crippen LogP) is 2.13. The van der Waals surface area contributed by atoms with Gasteiger partial charge in [-0.25, -0.2) is 0 Å². The summed E-state index contributed by atoms with van der Waals surface area (Å²) in [5, 5.41) is 0. The second-order valence-electron chi connectivity index (χ2n) is 3.12. The third kappa shape index (κ3) is 2.58. The lowest BCUT2D eigenvalue weighted by Gasteiger charge is -2.04. The third-order valence-electron chi connectivity index (χ3n) is 2.08. The maximum atomic E-state index is 11.0. The Morgan fingerprint density at radius 3 is 2.69 bits per heavy atom. The highest BCUT2D eigenvalue weighted by Crippen LogP contribution is 2.11. The molecule has 0 saturated carbocycles. The maximum absolute atomic E-state index is 11.0. The van der Waals surface area contributed by atoms with E-state index in [0.717, 1.165) is 24.8 Å². The molecule has 1 rings (SSSR count). The second-order valence-corrected chi connectivity index (χ2v) is 3.12. The van der Waals surface area contributed by atoms with Crippen LogP contribution in [0.4, 0.5) is 0 Å². The Kier molecular flexibility index (Phi) is 3.50. The average molecular weight is 177 g/mol. The Morgan fingerprint density at radius 2 is 2.08 bits per heavy atom. The SMILES string of the molecule is CCCCc1ccccc1C(N)=O. The molecule has 0 spiro atoms. The normalized spacial score (nSPS) is 9.92. The molecule has 0 aromatic heterocycles. The minimum atomic E-state index is -0.327. The molecule has 0 radical (unpaired) electrons. The summed E-state index contributed by atoms with van der Waals surface area (Å²) in [5.41, 5.74) is 6.98. The van der Waals surface area contributed by atoms with Gasteiger partial charge in [-0.3, -0.25) is 4.79 Å². The molecule has 0 fully saturated rings. The number of benzene rings is 1. The van der Waals surface area contributed by atoms with Crippen LogP contribution in [0.5, 0.6) is 0 Å². The number of amides is 1. The monoisotopic (exact) mass is 177 g/mol. The summed E-state index contributed by atoms with van der Waals surface area (Å²) >= 11 is 0. The lowest BCUT2D eigenvalue weighted by molar-refractivity contribution is 0.0999. The van der Waals surface area contributed by atoms with Crippen molar-refractivity contribution in [2.45, 2.75) is 26.2 Å². The van der Waals surface area contributed by atoms with Crippen molar-refractivity contribution in [3.8, 4) is 0 Å². The van der Waals surface area contributed by atoms with Gasteiger partial charge < -0.3 is 5.73 Å². The number of carbonyl (C=O) groups excluding carboxylic acids is 1. The maximum Gasteiger partial charge on any atom is 0.248 e. The van der Waals surface area contributed by atoms with Crippen LogP contribution in [-0.4, -0.2) is 5.91 Å². The highest BCUT2D eigenvalue weighted by Gasteiger charge is 2.05. The van der Waals surface area contributed by atoms with Crippen LogP contribution in [0, 0.1) is 0 Å². The summed E-state index contributed by atoms with van der Waals surface area (Å²) < 4.78 is 0. The van der Waals surface area contributed by atoms with Crippen molar-refractivity contribution in [2.24, 2.45) is 5.73 Å². The molecule has 2 heteroatoms. The van der Waals surface area contributed by atoms with Gasteiger partial charge in [0.15, 0.2) is 0 Å². The molecule has 1 amide bonds. The lowest BCUT2D eigenvalue weighted by atomic mass is 10.0. The van der Waals surface area contributed by atoms with Crippen LogP contribution in [0.1, 0.15) is 35.7 Å². The van der Waals surface area contributed by atoms with Crippen molar-refractivity contribution in [3.63, 3.8) is 0 Å². The first kappa shape index (κ1) is 9.78. The molecule has 0 aliphatic carbocycles. The topological polar surface area (TPSA) is 43.1 Å². The lowest BCUT2D eigenvalue weighted by Crippen LogP contribution is -2.13. The zero-order valence-corrected chi connectivity index (χ0v) is 7.92. The van der Waals surface area contributed by atoms with E-state index in [1.807, 2.05) is 18.2 Å². The Balaban J connectivity index is 2.84. The van der Waals surface area contributed by atoms with Crippen molar-refractivity contribution in [1.82, 2.24) is 0 Å². The van der Waals surface area contributed by atoms with Crippen LogP contribution in [0.25, 0.3) is 0 Å². The number of hydrogen-bond acceptors (Lipinski definition) is 1. The van der Waals surface area contributed by atoms with Gasteiger partial charge in [0.2, 0.25) is 5.91 Å². The first-order valence-electron chi connectivity index (χ1n) is 4.63. The largest absolute Gasteiger partial charge is 0.366 e. The van der Waals surface area contributed by atoms with Gasteiger partial charge in [-0.2, -0.15) is 0 Å². The molecule has 1 aromatic rings. The van der Waals surface area contributed by atoms with Crippen LogP contribution >= 0.6 is 0 Å². The average Bonchev–Trinajstić information content (AvgIpc) is 2.15. The second kappa shape index (κ2) is 4.65. The first-order valence-corrected chi connectivity index (χ1v) is 4.63. The fraction of sp³-hybridized carbons (Fsp3) is 0.364. The van der Waals surface area contributed by atoms with Gasteiger partial charge in [-0.05, 0) is 24.5 Å². The molecule has 2 N–H and O–H groups in total. The van der Waals surface area contributed by atoms with Gasteiger partial charge >= 0.3 is 0 Å². The molecule has 0 bridgehead atoms. The van der Waals surface area contributed by atoms with E-state index >= 15 is 0 Å². The van der Waals surface area contributed by atoms with Crippen LogP contribution < -0.4 is 5.73 Å². The Hall–Kier alpha value is -1.31. The van der Waals surface area contributed by atoms with Gasteiger partial charge in [0.1, 0.15) is 0 Å². The third-order valence-corrected chi connectivity index (χ3v) is 2.08. The Bertz CT molecular complexity index is 294. The van der Waals surface area contributed by atoms with E-state index in [2.05, 4.69) is 6.92 Å². The Labute approximate surface area is 78.8 Å². The Morgan fingerprint density at radius 1 is 1.38 bits per heavy atom. The minimum Gasteiger partial charge on any atom is -0.366 e. The minimum absolute atomic E-state index is 0.327. The summed E-state index contributed by atoms with van der Waals surface area (Å²) in [7, 11) is 0. The quantitative estimate of drug-likeness (QED) is 0.752. The van der Waals surface area contributed by atoms with Gasteiger partial charge in [0.05, 0.1) is 0 Å². The molecule has 2 nitrogen and oxygen atoms in total. The number of hydrogen-bond donors (Lipinski definition) is 1.